The minimum absolute atomic E-state index is 0.118. The summed E-state index contributed by atoms with van der Waals surface area (Å²) in [6.07, 6.45) is 3.85. The number of primary amides is 1. The van der Waals surface area contributed by atoms with E-state index in [1.165, 1.54) is 17.0 Å². The van der Waals surface area contributed by atoms with Crippen LogP contribution in [0.2, 0.25) is 0 Å². The van der Waals surface area contributed by atoms with Crippen molar-refractivity contribution in [1.82, 2.24) is 4.98 Å². The van der Waals surface area contributed by atoms with Crippen molar-refractivity contribution in [2.45, 2.75) is 43.6 Å². The predicted octanol–water partition coefficient (Wildman–Crippen LogP) is 2.49. The summed E-state index contributed by atoms with van der Waals surface area (Å²) in [5, 5.41) is 8.93. The topological polar surface area (TPSA) is 139 Å². The second-order valence-corrected chi connectivity index (χ2v) is 8.37. The number of nitrogens with one attached hydrogen (secondary N) is 1. The molecule has 4 N–H and O–H groups in total. The number of alkyl halides is 2. The Hall–Kier alpha value is -2.53. The van der Waals surface area contributed by atoms with Crippen molar-refractivity contribution in [3.63, 3.8) is 0 Å². The minimum Gasteiger partial charge on any atom is -0.670 e. The number of hydrogen-bond acceptors (Lipinski definition) is 6. The molecule has 1 atom stereocenters. The molecule has 0 bridgehead atoms. The number of amides is 1. The number of halogens is 2. The molecule has 9 nitrogen and oxygen atoms in total. The van der Waals surface area contributed by atoms with Crippen molar-refractivity contribution in [1.29, 1.82) is 0 Å². The maximum absolute atomic E-state index is 12.9. The second-order valence-electron chi connectivity index (χ2n) is 8.37. The van der Waals surface area contributed by atoms with Gasteiger partial charge in [-0.1, -0.05) is 12.0 Å². The smallest absolute Gasteiger partial charge is 0.354 e. The lowest BCUT2D eigenvalue weighted by molar-refractivity contribution is -0.119. The molecule has 2 aliphatic heterocycles. The lowest BCUT2D eigenvalue weighted by Gasteiger charge is -2.40. The van der Waals surface area contributed by atoms with Gasteiger partial charge in [0, 0.05) is 19.6 Å². The van der Waals surface area contributed by atoms with Gasteiger partial charge in [0.15, 0.2) is 5.69 Å². The average molecular weight is 441 g/mol. The number of pyridine rings is 1. The van der Waals surface area contributed by atoms with Crippen molar-refractivity contribution < 1.29 is 33.0 Å². The molecule has 4 rings (SSSR count). The van der Waals surface area contributed by atoms with Crippen LogP contribution in [0.4, 0.5) is 14.5 Å². The molecule has 3 heterocycles. The first-order chi connectivity index (χ1) is 14.6. The molecule has 0 spiro atoms. The highest BCUT2D eigenvalue weighted by atomic mass is 19.3. The van der Waals surface area contributed by atoms with E-state index >= 15 is 0 Å². The van der Waals surface area contributed by atoms with E-state index in [9.17, 15) is 18.4 Å². The van der Waals surface area contributed by atoms with E-state index in [1.54, 1.807) is 0 Å². The van der Waals surface area contributed by atoms with Gasteiger partial charge in [0.2, 0.25) is 11.8 Å². The number of aromatic nitrogens is 1. The molecule has 1 aliphatic carbocycles. The van der Waals surface area contributed by atoms with Crippen molar-refractivity contribution in [3.8, 4) is 5.88 Å². The number of rotatable bonds is 7. The van der Waals surface area contributed by atoms with Crippen LogP contribution in [0.3, 0.4) is 0 Å². The van der Waals surface area contributed by atoms with Gasteiger partial charge in [0.05, 0.1) is 19.7 Å². The molecule has 0 radical (unpaired) electrons. The molecule has 1 amide bonds. The van der Waals surface area contributed by atoms with E-state index < -0.39 is 23.3 Å². The number of nitrogens with zero attached hydrogens (tertiary/aromatic N) is 2. The summed E-state index contributed by atoms with van der Waals surface area (Å²) in [5.74, 6) is -3.67. The average Bonchev–Trinajstić information content (AvgIpc) is 3.49. The molecule has 1 aromatic rings. The van der Waals surface area contributed by atoms with Crippen LogP contribution in [0.5, 0.6) is 5.88 Å². The van der Waals surface area contributed by atoms with Crippen LogP contribution in [0, 0.1) is 5.92 Å². The van der Waals surface area contributed by atoms with Gasteiger partial charge >= 0.3 is 5.97 Å². The maximum Gasteiger partial charge on any atom is 0.354 e. The lowest BCUT2D eigenvalue weighted by atomic mass is 9.90. The van der Waals surface area contributed by atoms with E-state index in [0.29, 0.717) is 31.4 Å². The Kier molecular flexibility index (Phi) is 6.95. The molecule has 1 unspecified atom stereocenters. The van der Waals surface area contributed by atoms with Gasteiger partial charge in [-0.2, -0.15) is 0 Å². The quantitative estimate of drug-likeness (QED) is 0.663. The zero-order chi connectivity index (χ0) is 22.6. The highest BCUT2D eigenvalue weighted by Crippen LogP contribution is 2.37. The number of carbonyl (C=O) groups is 2. The Morgan fingerprint density at radius 1 is 1.35 bits per heavy atom. The predicted molar refractivity (Wildman–Crippen MR) is 107 cm³/mol. The number of ether oxygens (including phenoxy) is 2. The largest absolute Gasteiger partial charge is 0.670 e. The number of aromatic carboxylic acids is 1. The van der Waals surface area contributed by atoms with Crippen LogP contribution in [0.1, 0.15) is 42.6 Å². The standard InChI is InChI=1S/C13H14F2N2O3.C7H13N2O2/c14-13(15)6-17(7-13)10-4-3-9(12(18)19)16-11(10)20-5-8-1-2-8;8-6(10)4-7(9)2-1-3-11-5-7/h3-4,8H,1-2,5-7H2,(H,18,19);9H,1-5H2,(H2,8,10)/q;-1. The van der Waals surface area contributed by atoms with Gasteiger partial charge < -0.3 is 30.9 Å². The zero-order valence-electron chi connectivity index (χ0n) is 17.1. The van der Waals surface area contributed by atoms with Crippen LogP contribution in [0.25, 0.3) is 5.73 Å². The fourth-order valence-corrected chi connectivity index (χ4v) is 3.39. The summed E-state index contributed by atoms with van der Waals surface area (Å²) < 4.78 is 36.5. The van der Waals surface area contributed by atoms with Crippen LogP contribution < -0.4 is 15.4 Å². The molecule has 11 heteroatoms. The summed E-state index contributed by atoms with van der Waals surface area (Å²) >= 11 is 0. The molecule has 31 heavy (non-hydrogen) atoms. The second kappa shape index (κ2) is 9.31. The molecular weight excluding hydrogens is 414 g/mol. The number of carbonyl (C=O) groups excluding carboxylic acids is 1. The normalized spacial score (nSPS) is 24.4. The monoisotopic (exact) mass is 441 g/mol. The Morgan fingerprint density at radius 3 is 2.58 bits per heavy atom. The Balaban J connectivity index is 0.000000210. The number of nitrogens with two attached hydrogens (primary N) is 1. The lowest BCUT2D eigenvalue weighted by Crippen LogP contribution is -2.56. The van der Waals surface area contributed by atoms with E-state index in [1.807, 2.05) is 0 Å². The van der Waals surface area contributed by atoms with Gasteiger partial charge in [-0.05, 0) is 37.3 Å². The van der Waals surface area contributed by atoms with E-state index in [4.69, 9.17) is 26.0 Å². The first-order valence-corrected chi connectivity index (χ1v) is 10.2. The fraction of sp³-hybridized carbons (Fsp3) is 0.650. The third-order valence-corrected chi connectivity index (χ3v) is 5.23. The van der Waals surface area contributed by atoms with Crippen molar-refractivity contribution in [3.05, 3.63) is 23.6 Å². The number of carboxylic acid groups (broad SMARTS) is 1. The maximum atomic E-state index is 12.9. The molecule has 1 saturated carbocycles. The molecule has 3 fully saturated rings. The number of carboxylic acids is 1. The van der Waals surface area contributed by atoms with Crippen molar-refractivity contribution in [2.75, 3.05) is 37.8 Å². The van der Waals surface area contributed by atoms with E-state index in [2.05, 4.69) is 4.98 Å². The first kappa shape index (κ1) is 23.1. The number of anilines is 1. The summed E-state index contributed by atoms with van der Waals surface area (Å²) in [4.78, 5) is 26.8. The Labute approximate surface area is 178 Å². The third-order valence-electron chi connectivity index (χ3n) is 5.23. The van der Waals surface area contributed by atoms with Crippen molar-refractivity contribution in [2.24, 2.45) is 11.7 Å². The van der Waals surface area contributed by atoms with E-state index in [-0.39, 0.29) is 31.1 Å². The van der Waals surface area contributed by atoms with E-state index in [0.717, 1.165) is 25.7 Å². The van der Waals surface area contributed by atoms with Crippen LogP contribution in [-0.4, -0.2) is 66.3 Å². The summed E-state index contributed by atoms with van der Waals surface area (Å²) in [7, 11) is 0. The molecule has 0 aromatic carbocycles. The molecule has 3 aliphatic rings. The highest BCUT2D eigenvalue weighted by molar-refractivity contribution is 5.86. The molecule has 2 saturated heterocycles. The number of hydrogen-bond donors (Lipinski definition) is 2. The van der Waals surface area contributed by atoms with Crippen LogP contribution in [-0.2, 0) is 9.53 Å². The third kappa shape index (κ3) is 6.73. The molecular formula is C20H27F2N4O5-. The first-order valence-electron chi connectivity index (χ1n) is 10.2. The summed E-state index contributed by atoms with van der Waals surface area (Å²) in [5.41, 5.74) is 12.3. The van der Waals surface area contributed by atoms with Crippen LogP contribution in [0.15, 0.2) is 12.1 Å². The van der Waals surface area contributed by atoms with Crippen molar-refractivity contribution >= 4 is 17.6 Å². The van der Waals surface area contributed by atoms with Gasteiger partial charge in [0.1, 0.15) is 5.69 Å². The minimum atomic E-state index is -2.70. The Morgan fingerprint density at radius 2 is 2.06 bits per heavy atom. The highest BCUT2D eigenvalue weighted by Gasteiger charge is 2.45. The zero-order valence-corrected chi connectivity index (χ0v) is 17.1. The summed E-state index contributed by atoms with van der Waals surface area (Å²) in [6.45, 7) is 0.727. The Bertz CT molecular complexity index is 805. The van der Waals surface area contributed by atoms with Gasteiger partial charge in [-0.15, -0.1) is 0 Å². The van der Waals surface area contributed by atoms with Crippen LogP contribution >= 0.6 is 0 Å². The summed E-state index contributed by atoms with van der Waals surface area (Å²) in [6, 6.07) is 2.78. The SMILES string of the molecule is O=C(O)c1ccc(N2CC(F)(F)C2)c(OCC2CC2)n1.[NH-]C1(CC(N)=O)CCCOC1. The molecule has 172 valence electrons. The molecule has 1 aromatic heterocycles. The van der Waals surface area contributed by atoms with Gasteiger partial charge in [-0.25, -0.2) is 18.6 Å². The van der Waals surface area contributed by atoms with Gasteiger partial charge in [-0.3, -0.25) is 4.79 Å². The van der Waals surface area contributed by atoms with Gasteiger partial charge in [0.25, 0.3) is 5.92 Å². The fourth-order valence-electron chi connectivity index (χ4n) is 3.39.